The van der Waals surface area contributed by atoms with E-state index in [1.165, 1.54) is 6.07 Å². The van der Waals surface area contributed by atoms with E-state index in [1.807, 2.05) is 42.5 Å². The number of hydrogen-bond acceptors (Lipinski definition) is 4. The molecule has 1 aliphatic carbocycles. The zero-order chi connectivity index (χ0) is 26.2. The number of nitrogens with one attached hydrogen (secondary N) is 2. The molecular weight excluding hydrogens is 493 g/mol. The van der Waals surface area contributed by atoms with Crippen LogP contribution in [0.2, 0.25) is 5.02 Å². The normalized spacial score (nSPS) is 13.2. The Morgan fingerprint density at radius 2 is 1.89 bits per heavy atom. The molecule has 0 aliphatic heterocycles. The molecule has 1 fully saturated rings. The highest BCUT2D eigenvalue weighted by Gasteiger charge is 2.22. The Morgan fingerprint density at radius 3 is 2.65 bits per heavy atom. The van der Waals surface area contributed by atoms with E-state index in [2.05, 4.69) is 10.6 Å². The Kier molecular flexibility index (Phi) is 8.93. The van der Waals surface area contributed by atoms with Crippen LogP contribution in [0.5, 0.6) is 0 Å². The van der Waals surface area contributed by atoms with E-state index < -0.39 is 5.82 Å². The van der Waals surface area contributed by atoms with Crippen molar-refractivity contribution < 1.29 is 18.4 Å². The molecular formula is C29H29ClFN3O3. The molecule has 0 radical (unpaired) electrons. The number of benzene rings is 3. The summed E-state index contributed by atoms with van der Waals surface area (Å²) in [6, 6.07) is 18.4. The summed E-state index contributed by atoms with van der Waals surface area (Å²) < 4.78 is 19.1. The van der Waals surface area contributed by atoms with Crippen LogP contribution in [0.4, 0.5) is 10.1 Å². The van der Waals surface area contributed by atoms with Gasteiger partial charge in [-0.2, -0.15) is 0 Å². The molecule has 4 aromatic rings. The highest BCUT2D eigenvalue weighted by atomic mass is 35.5. The molecule has 4 N–H and O–H groups in total. The van der Waals surface area contributed by atoms with Crippen molar-refractivity contribution in [3.8, 4) is 11.1 Å². The third-order valence-corrected chi connectivity index (χ3v) is 6.75. The van der Waals surface area contributed by atoms with Crippen molar-refractivity contribution in [2.24, 2.45) is 11.7 Å². The lowest BCUT2D eigenvalue weighted by Gasteiger charge is -2.11. The molecule has 1 heterocycles. The molecule has 2 amide bonds. The fourth-order valence-electron chi connectivity index (χ4n) is 4.51. The zero-order valence-electron chi connectivity index (χ0n) is 20.3. The molecule has 1 saturated carbocycles. The summed E-state index contributed by atoms with van der Waals surface area (Å²) in [5.41, 5.74) is 10.7. The summed E-state index contributed by atoms with van der Waals surface area (Å²) in [5, 5.41) is 6.50. The summed E-state index contributed by atoms with van der Waals surface area (Å²) in [6.45, 7) is 0.698. The molecule has 0 unspecified atom stereocenters. The number of amides is 2. The smallest absolute Gasteiger partial charge is 0.223 e. The van der Waals surface area contributed by atoms with Gasteiger partial charge in [0.1, 0.15) is 11.4 Å². The van der Waals surface area contributed by atoms with Gasteiger partial charge in [-0.15, -0.1) is 0 Å². The van der Waals surface area contributed by atoms with Gasteiger partial charge in [-0.1, -0.05) is 54.8 Å². The van der Waals surface area contributed by atoms with Gasteiger partial charge in [-0.25, -0.2) is 4.39 Å². The highest BCUT2D eigenvalue weighted by molar-refractivity contribution is 6.30. The van der Waals surface area contributed by atoms with Crippen molar-refractivity contribution in [2.75, 3.05) is 5.32 Å². The number of rotatable bonds is 7. The second kappa shape index (κ2) is 12.5. The van der Waals surface area contributed by atoms with E-state index >= 15 is 0 Å². The minimum Gasteiger partial charge on any atom is -0.464 e. The zero-order valence-corrected chi connectivity index (χ0v) is 21.1. The van der Waals surface area contributed by atoms with Crippen molar-refractivity contribution >= 4 is 40.6 Å². The fourth-order valence-corrected chi connectivity index (χ4v) is 4.71. The second-order valence-electron chi connectivity index (χ2n) is 8.94. The first kappa shape index (κ1) is 26.4. The number of carbonyl (C=O) groups is 2. The number of fused-ring (bicyclic) bond motifs is 1. The number of anilines is 1. The summed E-state index contributed by atoms with van der Waals surface area (Å²) in [7, 11) is 0. The average molecular weight is 522 g/mol. The van der Waals surface area contributed by atoms with Gasteiger partial charge in [0.15, 0.2) is 0 Å². The number of furan rings is 1. The summed E-state index contributed by atoms with van der Waals surface area (Å²) in [5.74, 6) is -0.306. The highest BCUT2D eigenvalue weighted by Crippen LogP contribution is 2.33. The van der Waals surface area contributed by atoms with Crippen LogP contribution in [0, 0.1) is 11.7 Å². The minimum absolute atomic E-state index is 0.0295. The van der Waals surface area contributed by atoms with Crippen molar-refractivity contribution in [3.63, 3.8) is 0 Å². The predicted molar refractivity (Wildman–Crippen MR) is 144 cm³/mol. The van der Waals surface area contributed by atoms with Crippen LogP contribution in [0.15, 0.2) is 71.3 Å². The molecule has 6 nitrogen and oxygen atoms in total. The first-order chi connectivity index (χ1) is 18.0. The lowest BCUT2D eigenvalue weighted by atomic mass is 10.0. The molecule has 5 rings (SSSR count). The molecule has 8 heteroatoms. The second-order valence-corrected chi connectivity index (χ2v) is 9.35. The molecule has 1 aromatic heterocycles. The SMILES string of the molecule is NCc1cccc(-c2cc(NC=O)cc3ccoc23)c1.O=C(NCc1cccc(Cl)c1F)C1CCCC1. The van der Waals surface area contributed by atoms with Crippen molar-refractivity contribution in [2.45, 2.75) is 38.8 Å². The molecule has 192 valence electrons. The maximum atomic E-state index is 13.5. The largest absolute Gasteiger partial charge is 0.464 e. The lowest BCUT2D eigenvalue weighted by Crippen LogP contribution is -2.29. The quantitative estimate of drug-likeness (QED) is 0.245. The monoisotopic (exact) mass is 521 g/mol. The van der Waals surface area contributed by atoms with Gasteiger partial charge in [-0.05, 0) is 54.3 Å². The standard InChI is InChI=1S/C16H14N2O2.C13H15ClFNO/c17-9-11-2-1-3-12(6-11)15-8-14(18-10-19)7-13-4-5-20-16(13)15;14-11-7-3-6-10(12(11)15)8-16-13(17)9-4-1-2-5-9/h1-8,10H,9,17H2,(H,18,19);3,6-7,9H,1-2,4-5,8H2,(H,16,17). The van der Waals surface area contributed by atoms with E-state index in [0.29, 0.717) is 18.5 Å². The fraction of sp³-hybridized carbons (Fsp3) is 0.241. The van der Waals surface area contributed by atoms with Crippen molar-refractivity contribution in [3.05, 3.63) is 88.9 Å². The Labute approximate surface area is 220 Å². The van der Waals surface area contributed by atoms with Crippen LogP contribution in [0.1, 0.15) is 36.8 Å². The molecule has 0 saturated heterocycles. The van der Waals surface area contributed by atoms with Gasteiger partial charge in [0, 0.05) is 41.2 Å². The summed E-state index contributed by atoms with van der Waals surface area (Å²) in [6.07, 6.45) is 6.44. The maximum Gasteiger partial charge on any atom is 0.223 e. The van der Waals surface area contributed by atoms with Crippen LogP contribution in [0.3, 0.4) is 0 Å². The number of nitrogens with two attached hydrogens (primary N) is 1. The number of halogens is 2. The van der Waals surface area contributed by atoms with E-state index in [4.69, 9.17) is 21.8 Å². The maximum absolute atomic E-state index is 13.5. The van der Waals surface area contributed by atoms with Gasteiger partial charge in [0.2, 0.25) is 12.3 Å². The first-order valence-electron chi connectivity index (χ1n) is 12.2. The summed E-state index contributed by atoms with van der Waals surface area (Å²) in [4.78, 5) is 22.4. The topological polar surface area (TPSA) is 97.4 Å². The van der Waals surface area contributed by atoms with Crippen LogP contribution < -0.4 is 16.4 Å². The lowest BCUT2D eigenvalue weighted by molar-refractivity contribution is -0.125. The van der Waals surface area contributed by atoms with Crippen LogP contribution in [-0.2, 0) is 22.7 Å². The van der Waals surface area contributed by atoms with Gasteiger partial charge in [0.25, 0.3) is 0 Å². The average Bonchev–Trinajstić information content (AvgIpc) is 3.62. The molecule has 0 spiro atoms. The van der Waals surface area contributed by atoms with Crippen LogP contribution >= 0.6 is 11.6 Å². The number of carbonyl (C=O) groups excluding carboxylic acids is 2. The third kappa shape index (κ3) is 6.56. The predicted octanol–water partition coefficient (Wildman–Crippen LogP) is 6.41. The Morgan fingerprint density at radius 1 is 1.11 bits per heavy atom. The Balaban J connectivity index is 0.000000176. The molecule has 3 aromatic carbocycles. The van der Waals surface area contributed by atoms with Gasteiger partial charge in [0.05, 0.1) is 11.3 Å². The van der Waals surface area contributed by atoms with Gasteiger partial charge < -0.3 is 20.8 Å². The first-order valence-corrected chi connectivity index (χ1v) is 12.6. The molecule has 0 atom stereocenters. The van der Waals surface area contributed by atoms with Gasteiger partial charge in [-0.3, -0.25) is 9.59 Å². The van der Waals surface area contributed by atoms with Crippen molar-refractivity contribution in [1.29, 1.82) is 0 Å². The molecule has 1 aliphatic rings. The molecule has 0 bridgehead atoms. The van der Waals surface area contributed by atoms with Crippen molar-refractivity contribution in [1.82, 2.24) is 5.32 Å². The van der Waals surface area contributed by atoms with Crippen LogP contribution in [0.25, 0.3) is 22.1 Å². The summed E-state index contributed by atoms with van der Waals surface area (Å²) >= 11 is 5.67. The van der Waals surface area contributed by atoms with E-state index in [-0.39, 0.29) is 23.4 Å². The van der Waals surface area contributed by atoms with E-state index in [1.54, 1.807) is 18.4 Å². The Hall–Kier alpha value is -3.68. The third-order valence-electron chi connectivity index (χ3n) is 6.46. The van der Waals surface area contributed by atoms with Crippen LogP contribution in [-0.4, -0.2) is 12.3 Å². The Bertz CT molecular complexity index is 1380. The molecule has 37 heavy (non-hydrogen) atoms. The minimum atomic E-state index is -0.444. The van der Waals surface area contributed by atoms with E-state index in [0.717, 1.165) is 59.0 Å². The van der Waals surface area contributed by atoms with E-state index in [9.17, 15) is 14.0 Å². The van der Waals surface area contributed by atoms with Gasteiger partial charge >= 0.3 is 0 Å². The number of hydrogen-bond donors (Lipinski definition) is 3.